The molecule has 2 aromatic rings. The van der Waals surface area contributed by atoms with Gasteiger partial charge in [-0.25, -0.2) is 13.2 Å². The minimum Gasteiger partial charge on any atom is -0.507 e. The molecule has 0 aliphatic carbocycles. The Bertz CT molecular complexity index is 644. The number of nitrogens with one attached hydrogen (secondary N) is 1. The van der Waals surface area contributed by atoms with Crippen LogP contribution in [0.3, 0.4) is 0 Å². The molecular weight excluding hydrogens is 259 g/mol. The highest BCUT2D eigenvalue weighted by Gasteiger charge is 2.17. The van der Waals surface area contributed by atoms with Gasteiger partial charge in [-0.3, -0.25) is 4.79 Å². The number of benzene rings is 2. The molecule has 6 heteroatoms. The highest BCUT2D eigenvalue weighted by Crippen LogP contribution is 2.22. The van der Waals surface area contributed by atoms with Crippen LogP contribution in [0.2, 0.25) is 0 Å². The van der Waals surface area contributed by atoms with Crippen molar-refractivity contribution in [2.45, 2.75) is 0 Å². The third-order valence-electron chi connectivity index (χ3n) is 2.43. The molecule has 3 nitrogen and oxygen atoms in total. The molecule has 2 rings (SSSR count). The highest BCUT2D eigenvalue weighted by molar-refractivity contribution is 6.06. The number of hydrogen-bond donors (Lipinski definition) is 2. The minimum atomic E-state index is -1.67. The zero-order valence-electron chi connectivity index (χ0n) is 9.45. The highest BCUT2D eigenvalue weighted by atomic mass is 19.2. The smallest absolute Gasteiger partial charge is 0.259 e. The molecule has 0 aromatic heterocycles. The van der Waals surface area contributed by atoms with E-state index in [1.165, 1.54) is 24.3 Å². The van der Waals surface area contributed by atoms with Gasteiger partial charge in [0.2, 0.25) is 0 Å². The lowest BCUT2D eigenvalue weighted by molar-refractivity contribution is 0.102. The van der Waals surface area contributed by atoms with Gasteiger partial charge >= 0.3 is 0 Å². The maximum absolute atomic E-state index is 13.3. The summed E-state index contributed by atoms with van der Waals surface area (Å²) in [6.07, 6.45) is 0. The fourth-order valence-electron chi connectivity index (χ4n) is 1.48. The van der Waals surface area contributed by atoms with Crippen LogP contribution in [0.5, 0.6) is 5.75 Å². The zero-order valence-corrected chi connectivity index (χ0v) is 9.45. The zero-order chi connectivity index (χ0) is 14.0. The van der Waals surface area contributed by atoms with E-state index in [2.05, 4.69) is 5.32 Å². The monoisotopic (exact) mass is 267 g/mol. The number of carbonyl (C=O) groups is 1. The van der Waals surface area contributed by atoms with Crippen LogP contribution in [-0.2, 0) is 0 Å². The van der Waals surface area contributed by atoms with Crippen molar-refractivity contribution >= 4 is 11.6 Å². The second-order valence-electron chi connectivity index (χ2n) is 3.69. The normalized spacial score (nSPS) is 10.3. The van der Waals surface area contributed by atoms with E-state index in [9.17, 15) is 23.1 Å². The van der Waals surface area contributed by atoms with Crippen molar-refractivity contribution in [1.82, 2.24) is 0 Å². The average molecular weight is 267 g/mol. The van der Waals surface area contributed by atoms with E-state index < -0.39 is 29.0 Å². The fraction of sp³-hybridized carbons (Fsp3) is 0. The second kappa shape index (κ2) is 5.01. The van der Waals surface area contributed by atoms with E-state index in [4.69, 9.17) is 0 Å². The van der Waals surface area contributed by atoms with E-state index in [0.29, 0.717) is 6.07 Å². The molecule has 0 bridgehead atoms. The Morgan fingerprint density at radius 3 is 2.37 bits per heavy atom. The Balaban J connectivity index is 2.30. The van der Waals surface area contributed by atoms with Crippen molar-refractivity contribution in [1.29, 1.82) is 0 Å². The van der Waals surface area contributed by atoms with Gasteiger partial charge in [0.25, 0.3) is 5.91 Å². The minimum absolute atomic E-state index is 0.105. The van der Waals surface area contributed by atoms with Crippen LogP contribution in [0.25, 0.3) is 0 Å². The van der Waals surface area contributed by atoms with Crippen LogP contribution >= 0.6 is 0 Å². The summed E-state index contributed by atoms with van der Waals surface area (Å²) in [4.78, 5) is 11.7. The predicted molar refractivity (Wildman–Crippen MR) is 62.4 cm³/mol. The third kappa shape index (κ3) is 2.52. The molecule has 0 unspecified atom stereocenters. The van der Waals surface area contributed by atoms with Crippen molar-refractivity contribution in [2.75, 3.05) is 5.32 Å². The number of rotatable bonds is 2. The molecule has 98 valence electrons. The first-order valence-corrected chi connectivity index (χ1v) is 5.23. The number of carbonyl (C=O) groups excluding carboxylic acids is 1. The molecule has 0 spiro atoms. The SMILES string of the molecule is O=C(Nc1ccc(F)c(F)c1F)c1ccccc1O. The summed E-state index contributed by atoms with van der Waals surface area (Å²) in [6, 6.07) is 7.17. The first-order chi connectivity index (χ1) is 9.00. The number of para-hydroxylation sites is 1. The van der Waals surface area contributed by atoms with Crippen molar-refractivity contribution in [2.24, 2.45) is 0 Å². The summed E-state index contributed by atoms with van der Waals surface area (Å²) in [5.41, 5.74) is -0.612. The molecule has 0 aliphatic heterocycles. The van der Waals surface area contributed by atoms with E-state index in [1.54, 1.807) is 0 Å². The summed E-state index contributed by atoms with van der Waals surface area (Å²) in [6.45, 7) is 0. The topological polar surface area (TPSA) is 49.3 Å². The molecule has 2 aromatic carbocycles. The number of hydrogen-bond acceptors (Lipinski definition) is 2. The summed E-state index contributed by atoms with van der Waals surface area (Å²) in [7, 11) is 0. The Kier molecular flexibility index (Phi) is 3.41. The van der Waals surface area contributed by atoms with Crippen LogP contribution < -0.4 is 5.32 Å². The molecule has 19 heavy (non-hydrogen) atoms. The van der Waals surface area contributed by atoms with Crippen molar-refractivity contribution < 1.29 is 23.1 Å². The van der Waals surface area contributed by atoms with Gasteiger partial charge in [-0.1, -0.05) is 12.1 Å². The van der Waals surface area contributed by atoms with Crippen LogP contribution in [0.15, 0.2) is 36.4 Å². The molecule has 1 amide bonds. The first kappa shape index (κ1) is 12.9. The van der Waals surface area contributed by atoms with Gasteiger partial charge in [-0.15, -0.1) is 0 Å². The fourth-order valence-corrected chi connectivity index (χ4v) is 1.48. The Hall–Kier alpha value is -2.50. The van der Waals surface area contributed by atoms with Crippen LogP contribution in [-0.4, -0.2) is 11.0 Å². The van der Waals surface area contributed by atoms with Crippen molar-refractivity contribution in [3.8, 4) is 5.75 Å². The van der Waals surface area contributed by atoms with E-state index in [0.717, 1.165) is 6.07 Å². The summed E-state index contributed by atoms with van der Waals surface area (Å²) < 4.78 is 39.0. The molecule has 0 saturated heterocycles. The maximum atomic E-state index is 13.3. The van der Waals surface area contributed by atoms with E-state index in [-0.39, 0.29) is 11.3 Å². The molecule has 2 N–H and O–H groups in total. The summed E-state index contributed by atoms with van der Waals surface area (Å²) in [5.74, 6) is -5.65. The van der Waals surface area contributed by atoms with Gasteiger partial charge in [0.15, 0.2) is 17.5 Å². The van der Waals surface area contributed by atoms with Crippen LogP contribution in [0, 0.1) is 17.5 Å². The lowest BCUT2D eigenvalue weighted by atomic mass is 10.2. The Morgan fingerprint density at radius 2 is 1.68 bits per heavy atom. The number of phenols is 1. The molecule has 0 radical (unpaired) electrons. The van der Waals surface area contributed by atoms with Gasteiger partial charge in [0.05, 0.1) is 11.3 Å². The van der Waals surface area contributed by atoms with Gasteiger partial charge in [0.1, 0.15) is 5.75 Å². The predicted octanol–water partition coefficient (Wildman–Crippen LogP) is 3.06. The van der Waals surface area contributed by atoms with Crippen molar-refractivity contribution in [3.05, 3.63) is 59.4 Å². The van der Waals surface area contributed by atoms with Gasteiger partial charge < -0.3 is 10.4 Å². The molecule has 0 atom stereocenters. The summed E-state index contributed by atoms with van der Waals surface area (Å²) in [5, 5.41) is 11.5. The molecule has 0 heterocycles. The molecule has 0 aliphatic rings. The van der Waals surface area contributed by atoms with Gasteiger partial charge in [-0.05, 0) is 24.3 Å². The Morgan fingerprint density at radius 1 is 1.00 bits per heavy atom. The quantitative estimate of drug-likeness (QED) is 0.821. The van der Waals surface area contributed by atoms with Crippen LogP contribution in [0.4, 0.5) is 18.9 Å². The number of aromatic hydroxyl groups is 1. The van der Waals surface area contributed by atoms with Crippen LogP contribution in [0.1, 0.15) is 10.4 Å². The van der Waals surface area contributed by atoms with Crippen molar-refractivity contribution in [3.63, 3.8) is 0 Å². The third-order valence-corrected chi connectivity index (χ3v) is 2.43. The van der Waals surface area contributed by atoms with Gasteiger partial charge in [0, 0.05) is 0 Å². The number of anilines is 1. The molecule has 0 fully saturated rings. The van der Waals surface area contributed by atoms with E-state index >= 15 is 0 Å². The van der Waals surface area contributed by atoms with Gasteiger partial charge in [-0.2, -0.15) is 0 Å². The second-order valence-corrected chi connectivity index (χ2v) is 3.69. The number of phenolic OH excluding ortho intramolecular Hbond substituents is 1. The lowest BCUT2D eigenvalue weighted by Crippen LogP contribution is -2.14. The molecule has 0 saturated carbocycles. The Labute approximate surface area is 106 Å². The number of halogens is 3. The first-order valence-electron chi connectivity index (χ1n) is 5.23. The van der Waals surface area contributed by atoms with E-state index in [1.807, 2.05) is 0 Å². The number of amides is 1. The summed E-state index contributed by atoms with van der Waals surface area (Å²) >= 11 is 0. The largest absolute Gasteiger partial charge is 0.507 e. The average Bonchev–Trinajstić information content (AvgIpc) is 2.40. The maximum Gasteiger partial charge on any atom is 0.259 e. The molecular formula is C13H8F3NO2. The standard InChI is InChI=1S/C13H8F3NO2/c14-8-5-6-9(12(16)11(8)15)17-13(19)7-3-1-2-4-10(7)18/h1-6,18H,(H,17,19). The lowest BCUT2D eigenvalue weighted by Gasteiger charge is -2.08.